The lowest BCUT2D eigenvalue weighted by atomic mass is 9.99. The molecule has 0 saturated carbocycles. The maximum Gasteiger partial charge on any atom is 0.300 e. The minimum Gasteiger partial charge on any atom is -0.507 e. The third-order valence-electron chi connectivity index (χ3n) is 4.75. The van der Waals surface area contributed by atoms with Crippen LogP contribution in [-0.4, -0.2) is 16.8 Å². The number of aliphatic hydroxyl groups is 1. The fraction of sp³-hybridized carbons (Fsp3) is 0.0909. The number of nitrogens with zero attached hydrogens (tertiary/aromatic N) is 1. The first-order valence-corrected chi connectivity index (χ1v) is 9.44. The van der Waals surface area contributed by atoms with Crippen LogP contribution in [0.3, 0.4) is 0 Å². The number of rotatable bonds is 3. The number of ketones is 1. The average Bonchev–Trinajstić information content (AvgIpc) is 3.30. The van der Waals surface area contributed by atoms with E-state index < -0.39 is 17.7 Å². The normalized spacial score (nSPS) is 18.6. The molecule has 1 aliphatic heterocycles. The zero-order valence-corrected chi connectivity index (χ0v) is 16.5. The van der Waals surface area contributed by atoms with E-state index in [2.05, 4.69) is 15.9 Å². The molecule has 28 heavy (non-hydrogen) atoms. The predicted molar refractivity (Wildman–Crippen MR) is 109 cm³/mol. The second kappa shape index (κ2) is 7.13. The molecule has 2 aromatic carbocycles. The Kier molecular flexibility index (Phi) is 4.65. The third-order valence-corrected chi connectivity index (χ3v) is 5.28. The van der Waals surface area contributed by atoms with Crippen molar-refractivity contribution in [3.8, 4) is 0 Å². The van der Waals surface area contributed by atoms with Crippen LogP contribution in [0.15, 0.2) is 81.4 Å². The summed E-state index contributed by atoms with van der Waals surface area (Å²) in [6, 6.07) is 16.7. The number of hydrogen-bond donors (Lipinski definition) is 1. The molecule has 1 saturated heterocycles. The first-order valence-electron chi connectivity index (χ1n) is 8.65. The highest BCUT2D eigenvalue weighted by molar-refractivity contribution is 9.10. The van der Waals surface area contributed by atoms with Gasteiger partial charge in [-0.05, 0) is 42.8 Å². The maximum absolute atomic E-state index is 12.9. The number of carbonyl (C=O) groups is 2. The second-order valence-corrected chi connectivity index (χ2v) is 7.39. The Morgan fingerprint density at radius 2 is 1.75 bits per heavy atom. The molecule has 140 valence electrons. The van der Waals surface area contributed by atoms with Crippen molar-refractivity contribution in [3.05, 3.63) is 93.9 Å². The van der Waals surface area contributed by atoms with Crippen LogP contribution in [0.4, 0.5) is 5.69 Å². The van der Waals surface area contributed by atoms with Gasteiger partial charge in [0.05, 0.1) is 11.8 Å². The van der Waals surface area contributed by atoms with Gasteiger partial charge < -0.3 is 9.52 Å². The highest BCUT2D eigenvalue weighted by Crippen LogP contribution is 2.43. The SMILES string of the molecule is Cc1ccccc1N1C(=O)C(=O)/C(=C(\O)c2ccc(Br)cc2)C1c1ccco1. The zero-order chi connectivity index (χ0) is 19.8. The van der Waals surface area contributed by atoms with Crippen molar-refractivity contribution in [1.82, 2.24) is 0 Å². The molecule has 0 spiro atoms. The van der Waals surface area contributed by atoms with E-state index in [9.17, 15) is 14.7 Å². The van der Waals surface area contributed by atoms with E-state index in [1.54, 1.807) is 48.5 Å². The molecule has 0 aliphatic carbocycles. The standard InChI is InChI=1S/C22H16BrNO4/c1-13-5-2-3-6-16(13)24-19(17-7-4-12-28-17)18(21(26)22(24)27)20(25)14-8-10-15(23)11-9-14/h2-12,19,25H,1H3/b20-18-. The smallest absolute Gasteiger partial charge is 0.300 e. The van der Waals surface area contributed by atoms with Crippen LogP contribution < -0.4 is 4.90 Å². The molecule has 4 rings (SSSR count). The number of carbonyl (C=O) groups excluding carboxylic acids is 2. The van der Waals surface area contributed by atoms with Crippen LogP contribution >= 0.6 is 15.9 Å². The van der Waals surface area contributed by atoms with Crippen molar-refractivity contribution in [3.63, 3.8) is 0 Å². The molecule has 1 atom stereocenters. The van der Waals surface area contributed by atoms with Crippen molar-refractivity contribution in [2.24, 2.45) is 0 Å². The summed E-state index contributed by atoms with van der Waals surface area (Å²) < 4.78 is 6.38. The quantitative estimate of drug-likeness (QED) is 0.356. The number of halogens is 1. The van der Waals surface area contributed by atoms with E-state index in [0.717, 1.165) is 10.0 Å². The fourth-order valence-electron chi connectivity index (χ4n) is 3.39. The first kappa shape index (κ1) is 18.3. The Balaban J connectivity index is 1.94. The Bertz CT molecular complexity index is 1080. The van der Waals surface area contributed by atoms with E-state index in [1.165, 1.54) is 11.2 Å². The van der Waals surface area contributed by atoms with E-state index in [1.807, 2.05) is 19.1 Å². The van der Waals surface area contributed by atoms with Gasteiger partial charge in [-0.25, -0.2) is 0 Å². The Hall–Kier alpha value is -3.12. The molecule has 2 heterocycles. The van der Waals surface area contributed by atoms with E-state index in [0.29, 0.717) is 17.0 Å². The van der Waals surface area contributed by atoms with Gasteiger partial charge in [-0.2, -0.15) is 0 Å². The van der Waals surface area contributed by atoms with Gasteiger partial charge in [-0.15, -0.1) is 0 Å². The van der Waals surface area contributed by atoms with Gasteiger partial charge in [-0.3, -0.25) is 14.5 Å². The summed E-state index contributed by atoms with van der Waals surface area (Å²) in [5.41, 5.74) is 1.89. The number of aryl methyl sites for hydroxylation is 1. The topological polar surface area (TPSA) is 70.8 Å². The molecule has 0 bridgehead atoms. The molecule has 1 aliphatic rings. The van der Waals surface area contributed by atoms with Gasteiger partial charge >= 0.3 is 0 Å². The van der Waals surface area contributed by atoms with Gasteiger partial charge in [0.15, 0.2) is 0 Å². The van der Waals surface area contributed by atoms with Crippen molar-refractivity contribution >= 4 is 39.1 Å². The lowest BCUT2D eigenvalue weighted by Gasteiger charge is -2.24. The lowest BCUT2D eigenvalue weighted by Crippen LogP contribution is -2.29. The van der Waals surface area contributed by atoms with Gasteiger partial charge in [0, 0.05) is 15.7 Å². The molecular formula is C22H16BrNO4. The highest BCUT2D eigenvalue weighted by atomic mass is 79.9. The number of Topliss-reactive ketones (excluding diaryl/α,β-unsaturated/α-hetero) is 1. The summed E-state index contributed by atoms with van der Waals surface area (Å²) in [6.45, 7) is 1.86. The summed E-state index contributed by atoms with van der Waals surface area (Å²) in [7, 11) is 0. The Morgan fingerprint density at radius 3 is 2.39 bits per heavy atom. The van der Waals surface area contributed by atoms with E-state index in [4.69, 9.17) is 4.42 Å². The molecule has 1 amide bonds. The number of anilines is 1. The summed E-state index contributed by atoms with van der Waals surface area (Å²) in [4.78, 5) is 27.3. The fourth-order valence-corrected chi connectivity index (χ4v) is 3.66. The average molecular weight is 438 g/mol. The van der Waals surface area contributed by atoms with Crippen LogP contribution in [0.2, 0.25) is 0 Å². The van der Waals surface area contributed by atoms with Crippen LogP contribution in [0.5, 0.6) is 0 Å². The van der Waals surface area contributed by atoms with Gasteiger partial charge in [0.25, 0.3) is 11.7 Å². The Morgan fingerprint density at radius 1 is 1.04 bits per heavy atom. The maximum atomic E-state index is 12.9. The van der Waals surface area contributed by atoms with Gasteiger partial charge in [0.2, 0.25) is 0 Å². The number of amides is 1. The van der Waals surface area contributed by atoms with Crippen LogP contribution in [-0.2, 0) is 9.59 Å². The number of aliphatic hydroxyl groups excluding tert-OH is 1. The number of hydrogen-bond acceptors (Lipinski definition) is 4. The molecule has 1 fully saturated rings. The molecule has 3 aromatic rings. The van der Waals surface area contributed by atoms with Crippen LogP contribution in [0, 0.1) is 6.92 Å². The molecule has 0 radical (unpaired) electrons. The minimum atomic E-state index is -0.847. The zero-order valence-electron chi connectivity index (χ0n) is 14.9. The summed E-state index contributed by atoms with van der Waals surface area (Å²) in [6.07, 6.45) is 1.48. The molecule has 1 N–H and O–H groups in total. The molecule has 6 heteroatoms. The molecule has 1 aromatic heterocycles. The van der Waals surface area contributed by atoms with Crippen molar-refractivity contribution < 1.29 is 19.1 Å². The third kappa shape index (κ3) is 2.96. The minimum absolute atomic E-state index is 0.00512. The van der Waals surface area contributed by atoms with E-state index >= 15 is 0 Å². The number of benzene rings is 2. The van der Waals surface area contributed by atoms with Crippen molar-refractivity contribution in [1.29, 1.82) is 0 Å². The van der Waals surface area contributed by atoms with Gasteiger partial charge in [-0.1, -0.05) is 46.3 Å². The molecular weight excluding hydrogens is 422 g/mol. The van der Waals surface area contributed by atoms with Crippen molar-refractivity contribution in [2.75, 3.05) is 4.90 Å². The summed E-state index contributed by atoms with van der Waals surface area (Å²) in [5.74, 6) is -1.27. The van der Waals surface area contributed by atoms with E-state index in [-0.39, 0.29) is 11.3 Å². The molecule has 1 unspecified atom stereocenters. The monoisotopic (exact) mass is 437 g/mol. The lowest BCUT2D eigenvalue weighted by molar-refractivity contribution is -0.132. The van der Waals surface area contributed by atoms with Crippen LogP contribution in [0.25, 0.3) is 5.76 Å². The van der Waals surface area contributed by atoms with Crippen LogP contribution in [0.1, 0.15) is 22.9 Å². The highest BCUT2D eigenvalue weighted by Gasteiger charge is 2.48. The van der Waals surface area contributed by atoms with Gasteiger partial charge in [0.1, 0.15) is 17.6 Å². The predicted octanol–water partition coefficient (Wildman–Crippen LogP) is 4.98. The molecule has 5 nitrogen and oxygen atoms in total. The summed E-state index contributed by atoms with van der Waals surface area (Å²) >= 11 is 3.35. The summed E-state index contributed by atoms with van der Waals surface area (Å²) in [5, 5.41) is 10.9. The largest absolute Gasteiger partial charge is 0.507 e. The number of furan rings is 1. The Labute approximate surface area is 170 Å². The van der Waals surface area contributed by atoms with Crippen molar-refractivity contribution in [2.45, 2.75) is 13.0 Å². The second-order valence-electron chi connectivity index (χ2n) is 6.48. The number of para-hydroxylation sites is 1. The first-order chi connectivity index (χ1) is 13.5.